The van der Waals surface area contributed by atoms with E-state index < -0.39 is 0 Å². The minimum atomic E-state index is 0.350. The van der Waals surface area contributed by atoms with Crippen LogP contribution in [0, 0.1) is 0 Å². The molecule has 0 bridgehead atoms. The highest BCUT2D eigenvalue weighted by atomic mass is 16.7. The number of rotatable bonds is 5. The summed E-state index contributed by atoms with van der Waals surface area (Å²) in [6, 6.07) is 6.68. The second kappa shape index (κ2) is 5.21. The summed E-state index contributed by atoms with van der Waals surface area (Å²) < 4.78 is 10.6. The first-order valence-corrected chi connectivity index (χ1v) is 5.91. The summed E-state index contributed by atoms with van der Waals surface area (Å²) >= 11 is 0. The lowest BCUT2D eigenvalue weighted by atomic mass is 10.1. The van der Waals surface area contributed by atoms with Gasteiger partial charge in [-0.2, -0.15) is 0 Å². The number of ether oxygens (including phenoxy) is 2. The molecule has 0 saturated carbocycles. The third-order valence-electron chi connectivity index (χ3n) is 2.72. The third kappa shape index (κ3) is 2.67. The quantitative estimate of drug-likeness (QED) is 0.828. The van der Waals surface area contributed by atoms with Gasteiger partial charge in [0, 0.05) is 6.04 Å². The van der Waals surface area contributed by atoms with Crippen LogP contribution in [0.15, 0.2) is 18.2 Å². The molecule has 16 heavy (non-hydrogen) atoms. The lowest BCUT2D eigenvalue weighted by molar-refractivity contribution is 0.174. The van der Waals surface area contributed by atoms with Crippen molar-refractivity contribution in [1.29, 1.82) is 0 Å². The predicted molar refractivity (Wildman–Crippen MR) is 64.0 cm³/mol. The average Bonchev–Trinajstić information content (AvgIpc) is 2.73. The van der Waals surface area contributed by atoms with Crippen molar-refractivity contribution < 1.29 is 9.47 Å². The monoisotopic (exact) mass is 221 g/mol. The van der Waals surface area contributed by atoms with Gasteiger partial charge in [-0.05, 0) is 44.0 Å². The van der Waals surface area contributed by atoms with E-state index in [0.29, 0.717) is 12.8 Å². The Kier molecular flexibility index (Phi) is 3.67. The Morgan fingerprint density at radius 3 is 2.94 bits per heavy atom. The summed E-state index contributed by atoms with van der Waals surface area (Å²) in [6.45, 7) is 5.81. The second-order valence-electron chi connectivity index (χ2n) is 4.25. The van der Waals surface area contributed by atoms with Crippen molar-refractivity contribution in [2.45, 2.75) is 32.7 Å². The predicted octanol–water partition coefficient (Wildman–Crippen LogP) is 2.35. The van der Waals surface area contributed by atoms with Crippen molar-refractivity contribution in [3.05, 3.63) is 23.8 Å². The van der Waals surface area contributed by atoms with Crippen LogP contribution in [0.2, 0.25) is 0 Å². The van der Waals surface area contributed by atoms with E-state index in [1.165, 1.54) is 12.0 Å². The Bertz CT molecular complexity index is 352. The van der Waals surface area contributed by atoms with Crippen molar-refractivity contribution in [2.75, 3.05) is 13.3 Å². The standard InChI is InChI=1S/C13H19NO2/c1-3-6-14-10(2)7-11-4-5-12-13(8-11)16-9-15-12/h4-5,8,10,14H,3,6-7,9H2,1-2H3/t10-/m1/s1. The zero-order valence-electron chi connectivity index (χ0n) is 9.95. The van der Waals surface area contributed by atoms with Gasteiger partial charge in [0.2, 0.25) is 6.79 Å². The molecule has 0 saturated heterocycles. The topological polar surface area (TPSA) is 30.5 Å². The molecule has 1 heterocycles. The molecule has 0 aliphatic carbocycles. The van der Waals surface area contributed by atoms with E-state index in [1.807, 2.05) is 6.07 Å². The highest BCUT2D eigenvalue weighted by Crippen LogP contribution is 2.32. The average molecular weight is 221 g/mol. The molecule has 2 rings (SSSR count). The number of hydrogen-bond donors (Lipinski definition) is 1. The molecule has 1 aromatic carbocycles. The summed E-state index contributed by atoms with van der Waals surface area (Å²) in [5, 5.41) is 3.48. The molecule has 1 aliphatic rings. The van der Waals surface area contributed by atoms with Crippen molar-refractivity contribution in [3.8, 4) is 11.5 Å². The van der Waals surface area contributed by atoms with Gasteiger partial charge in [0.15, 0.2) is 11.5 Å². The molecule has 1 aromatic rings. The highest BCUT2D eigenvalue weighted by Gasteiger charge is 2.13. The molecule has 88 valence electrons. The van der Waals surface area contributed by atoms with E-state index in [0.717, 1.165) is 24.5 Å². The van der Waals surface area contributed by atoms with E-state index in [-0.39, 0.29) is 0 Å². The number of nitrogens with one attached hydrogen (secondary N) is 1. The lowest BCUT2D eigenvalue weighted by Gasteiger charge is -2.13. The van der Waals surface area contributed by atoms with Crippen LogP contribution in [0.25, 0.3) is 0 Å². The Balaban J connectivity index is 1.94. The Hall–Kier alpha value is -1.22. The smallest absolute Gasteiger partial charge is 0.231 e. The SMILES string of the molecule is CCCN[C@H](C)Cc1ccc2c(c1)OCO2. The maximum atomic E-state index is 5.36. The van der Waals surface area contributed by atoms with Gasteiger partial charge in [-0.1, -0.05) is 13.0 Å². The fourth-order valence-electron chi connectivity index (χ4n) is 1.88. The van der Waals surface area contributed by atoms with Gasteiger partial charge in [0.1, 0.15) is 0 Å². The minimum Gasteiger partial charge on any atom is -0.454 e. The summed E-state index contributed by atoms with van der Waals surface area (Å²) in [5.74, 6) is 1.73. The van der Waals surface area contributed by atoms with Crippen molar-refractivity contribution in [3.63, 3.8) is 0 Å². The first-order valence-electron chi connectivity index (χ1n) is 5.91. The van der Waals surface area contributed by atoms with Crippen molar-refractivity contribution in [1.82, 2.24) is 5.32 Å². The molecule has 0 aromatic heterocycles. The van der Waals surface area contributed by atoms with Crippen molar-refractivity contribution in [2.24, 2.45) is 0 Å². The van der Waals surface area contributed by atoms with Crippen LogP contribution >= 0.6 is 0 Å². The van der Waals surface area contributed by atoms with E-state index >= 15 is 0 Å². The fourth-order valence-corrected chi connectivity index (χ4v) is 1.88. The van der Waals surface area contributed by atoms with Gasteiger partial charge in [-0.15, -0.1) is 0 Å². The minimum absolute atomic E-state index is 0.350. The zero-order valence-corrected chi connectivity index (χ0v) is 9.95. The van der Waals surface area contributed by atoms with Gasteiger partial charge in [-0.25, -0.2) is 0 Å². The molecule has 0 unspecified atom stereocenters. The van der Waals surface area contributed by atoms with Crippen LogP contribution in [0.3, 0.4) is 0 Å². The Labute approximate surface area is 96.8 Å². The first kappa shape index (κ1) is 11.3. The zero-order chi connectivity index (χ0) is 11.4. The highest BCUT2D eigenvalue weighted by molar-refractivity contribution is 5.44. The number of benzene rings is 1. The van der Waals surface area contributed by atoms with E-state index in [4.69, 9.17) is 9.47 Å². The van der Waals surface area contributed by atoms with Gasteiger partial charge in [0.05, 0.1) is 0 Å². The fraction of sp³-hybridized carbons (Fsp3) is 0.538. The molecule has 0 fully saturated rings. The van der Waals surface area contributed by atoms with Gasteiger partial charge >= 0.3 is 0 Å². The number of fused-ring (bicyclic) bond motifs is 1. The maximum Gasteiger partial charge on any atom is 0.231 e. The molecule has 0 spiro atoms. The van der Waals surface area contributed by atoms with Gasteiger partial charge < -0.3 is 14.8 Å². The molecule has 3 heteroatoms. The normalized spacial score (nSPS) is 15.1. The summed E-state index contributed by atoms with van der Waals surface area (Å²) in [5.41, 5.74) is 1.29. The molecule has 0 amide bonds. The van der Waals surface area contributed by atoms with Crippen LogP contribution in [0.1, 0.15) is 25.8 Å². The largest absolute Gasteiger partial charge is 0.454 e. The van der Waals surface area contributed by atoms with Gasteiger partial charge in [0.25, 0.3) is 0 Å². The summed E-state index contributed by atoms with van der Waals surface area (Å²) in [6.07, 6.45) is 2.20. The van der Waals surface area contributed by atoms with Gasteiger partial charge in [-0.3, -0.25) is 0 Å². The molecular formula is C13H19NO2. The van der Waals surface area contributed by atoms with Crippen LogP contribution in [0.4, 0.5) is 0 Å². The molecule has 1 N–H and O–H groups in total. The lowest BCUT2D eigenvalue weighted by Crippen LogP contribution is -2.28. The first-order chi connectivity index (χ1) is 7.79. The van der Waals surface area contributed by atoms with E-state index in [1.54, 1.807) is 0 Å². The van der Waals surface area contributed by atoms with Crippen LogP contribution in [0.5, 0.6) is 11.5 Å². The Morgan fingerprint density at radius 2 is 2.12 bits per heavy atom. The number of hydrogen-bond acceptors (Lipinski definition) is 3. The van der Waals surface area contributed by atoms with E-state index in [2.05, 4.69) is 31.3 Å². The van der Waals surface area contributed by atoms with Crippen LogP contribution in [-0.2, 0) is 6.42 Å². The summed E-state index contributed by atoms with van der Waals surface area (Å²) in [7, 11) is 0. The van der Waals surface area contributed by atoms with Crippen LogP contribution < -0.4 is 14.8 Å². The third-order valence-corrected chi connectivity index (χ3v) is 2.72. The van der Waals surface area contributed by atoms with Crippen molar-refractivity contribution >= 4 is 0 Å². The molecule has 1 aliphatic heterocycles. The second-order valence-corrected chi connectivity index (χ2v) is 4.25. The van der Waals surface area contributed by atoms with Crippen LogP contribution in [-0.4, -0.2) is 19.4 Å². The maximum absolute atomic E-state index is 5.36. The Morgan fingerprint density at radius 1 is 1.31 bits per heavy atom. The summed E-state index contributed by atoms with van der Waals surface area (Å²) in [4.78, 5) is 0. The molecular weight excluding hydrogens is 202 g/mol. The molecule has 0 radical (unpaired) electrons. The molecule has 3 nitrogen and oxygen atoms in total. The molecule has 1 atom stereocenters. The van der Waals surface area contributed by atoms with E-state index in [9.17, 15) is 0 Å².